The first-order valence-corrected chi connectivity index (χ1v) is 8.59. The van der Waals surface area contributed by atoms with Crippen molar-refractivity contribution in [2.24, 2.45) is 0 Å². The van der Waals surface area contributed by atoms with Crippen LogP contribution in [0.25, 0.3) is 4.96 Å². The Morgan fingerprint density at radius 1 is 1.48 bits per heavy atom. The van der Waals surface area contributed by atoms with Crippen molar-refractivity contribution in [2.45, 2.75) is 31.8 Å². The van der Waals surface area contributed by atoms with Crippen LogP contribution in [-0.2, 0) is 11.3 Å². The summed E-state index contributed by atoms with van der Waals surface area (Å²) in [4.78, 5) is 8.38. The van der Waals surface area contributed by atoms with E-state index < -0.39 is 0 Å². The third kappa shape index (κ3) is 3.83. The molecular weight excluding hydrogens is 284 g/mol. The highest BCUT2D eigenvalue weighted by molar-refractivity contribution is 7.15. The van der Waals surface area contributed by atoms with Gasteiger partial charge in [-0.25, -0.2) is 4.98 Å². The molecule has 1 saturated heterocycles. The molecule has 0 radical (unpaired) electrons. The van der Waals surface area contributed by atoms with Gasteiger partial charge in [-0.2, -0.15) is 0 Å². The van der Waals surface area contributed by atoms with E-state index in [0.29, 0.717) is 6.04 Å². The highest BCUT2D eigenvalue weighted by Crippen LogP contribution is 2.20. The Bertz CT molecular complexity index is 524. The van der Waals surface area contributed by atoms with Gasteiger partial charge in [0, 0.05) is 50.6 Å². The molecule has 21 heavy (non-hydrogen) atoms. The number of imidazole rings is 1. The van der Waals surface area contributed by atoms with E-state index in [0.717, 1.165) is 31.2 Å². The van der Waals surface area contributed by atoms with Crippen LogP contribution >= 0.6 is 11.3 Å². The summed E-state index contributed by atoms with van der Waals surface area (Å²) in [7, 11) is 1.75. The van der Waals surface area contributed by atoms with Gasteiger partial charge in [0.15, 0.2) is 4.96 Å². The molecule has 5 nitrogen and oxygen atoms in total. The molecule has 1 unspecified atom stereocenters. The number of piperidine rings is 1. The number of methoxy groups -OCH3 is 1. The molecule has 0 amide bonds. The summed E-state index contributed by atoms with van der Waals surface area (Å²) >= 11 is 1.70. The molecule has 3 heterocycles. The number of likely N-dealkylation sites (tertiary alicyclic amines) is 1. The summed E-state index contributed by atoms with van der Waals surface area (Å²) < 4.78 is 7.21. The van der Waals surface area contributed by atoms with Crippen molar-refractivity contribution >= 4 is 16.3 Å². The lowest BCUT2D eigenvalue weighted by molar-refractivity contribution is 0.132. The van der Waals surface area contributed by atoms with Gasteiger partial charge in [0.1, 0.15) is 0 Å². The van der Waals surface area contributed by atoms with Crippen LogP contribution in [-0.4, -0.2) is 53.7 Å². The minimum Gasteiger partial charge on any atom is -0.383 e. The fourth-order valence-corrected chi connectivity index (χ4v) is 3.72. The lowest BCUT2D eigenvalue weighted by atomic mass is 10.0. The number of aromatic nitrogens is 2. The van der Waals surface area contributed by atoms with E-state index in [4.69, 9.17) is 9.72 Å². The van der Waals surface area contributed by atoms with Gasteiger partial charge < -0.3 is 10.1 Å². The topological polar surface area (TPSA) is 41.8 Å². The Morgan fingerprint density at radius 2 is 2.43 bits per heavy atom. The zero-order valence-electron chi connectivity index (χ0n) is 12.6. The monoisotopic (exact) mass is 308 g/mol. The number of rotatable bonds is 7. The number of fused-ring (bicyclic) bond motifs is 1. The second-order valence-electron chi connectivity index (χ2n) is 5.64. The van der Waals surface area contributed by atoms with Crippen molar-refractivity contribution in [3.05, 3.63) is 23.5 Å². The van der Waals surface area contributed by atoms with Crippen LogP contribution in [0.1, 0.15) is 25.0 Å². The minimum atomic E-state index is 0.621. The van der Waals surface area contributed by atoms with Crippen molar-refractivity contribution in [2.75, 3.05) is 33.4 Å². The lowest BCUT2D eigenvalue weighted by Crippen LogP contribution is -2.45. The van der Waals surface area contributed by atoms with E-state index in [1.165, 1.54) is 31.5 Å². The lowest BCUT2D eigenvalue weighted by Gasteiger charge is -2.35. The fourth-order valence-electron chi connectivity index (χ4n) is 3.00. The van der Waals surface area contributed by atoms with Crippen molar-refractivity contribution in [1.29, 1.82) is 0 Å². The maximum Gasteiger partial charge on any atom is 0.193 e. The molecule has 6 heteroatoms. The molecule has 2 aromatic heterocycles. The number of ether oxygens (including phenoxy) is 1. The van der Waals surface area contributed by atoms with Crippen molar-refractivity contribution in [3.8, 4) is 0 Å². The zero-order valence-corrected chi connectivity index (χ0v) is 13.4. The molecule has 1 atom stereocenters. The predicted octanol–water partition coefficient (Wildman–Crippen LogP) is 1.99. The summed E-state index contributed by atoms with van der Waals surface area (Å²) in [5, 5.41) is 5.58. The third-order valence-corrected chi connectivity index (χ3v) is 4.89. The molecule has 1 aliphatic rings. The molecule has 116 valence electrons. The van der Waals surface area contributed by atoms with Crippen LogP contribution in [0.5, 0.6) is 0 Å². The number of hydrogen-bond acceptors (Lipinski definition) is 5. The molecule has 0 aliphatic carbocycles. The number of hydrogen-bond donors (Lipinski definition) is 1. The molecular formula is C15H24N4OS. The van der Waals surface area contributed by atoms with Gasteiger partial charge in [-0.15, -0.1) is 11.3 Å². The Labute approximate surface area is 129 Å². The van der Waals surface area contributed by atoms with Gasteiger partial charge in [0.05, 0.1) is 12.3 Å². The first-order chi connectivity index (χ1) is 10.4. The zero-order chi connectivity index (χ0) is 14.5. The second kappa shape index (κ2) is 7.35. The minimum absolute atomic E-state index is 0.621. The summed E-state index contributed by atoms with van der Waals surface area (Å²) in [6.45, 7) is 4.91. The van der Waals surface area contributed by atoms with Crippen LogP contribution in [0.3, 0.4) is 0 Å². The van der Waals surface area contributed by atoms with Gasteiger partial charge in [-0.05, 0) is 19.4 Å². The van der Waals surface area contributed by atoms with Crippen molar-refractivity contribution < 1.29 is 4.74 Å². The van der Waals surface area contributed by atoms with Gasteiger partial charge in [-0.1, -0.05) is 6.42 Å². The summed E-state index contributed by atoms with van der Waals surface area (Å²) in [6, 6.07) is 0.621. The molecule has 0 spiro atoms. The van der Waals surface area contributed by atoms with Crippen molar-refractivity contribution in [1.82, 2.24) is 19.6 Å². The number of thiazole rings is 1. The van der Waals surface area contributed by atoms with E-state index in [1.54, 1.807) is 18.4 Å². The van der Waals surface area contributed by atoms with Gasteiger partial charge in [-0.3, -0.25) is 9.30 Å². The maximum atomic E-state index is 5.09. The van der Waals surface area contributed by atoms with Crippen molar-refractivity contribution in [3.63, 3.8) is 0 Å². The van der Waals surface area contributed by atoms with Gasteiger partial charge in [0.2, 0.25) is 0 Å². The van der Waals surface area contributed by atoms with E-state index in [9.17, 15) is 0 Å². The quantitative estimate of drug-likeness (QED) is 0.794. The van der Waals surface area contributed by atoms with Crippen LogP contribution in [0.4, 0.5) is 0 Å². The number of nitrogens with one attached hydrogen (secondary N) is 1. The second-order valence-corrected chi connectivity index (χ2v) is 6.52. The highest BCUT2D eigenvalue weighted by Gasteiger charge is 2.22. The van der Waals surface area contributed by atoms with E-state index in [2.05, 4.69) is 32.4 Å². The smallest absolute Gasteiger partial charge is 0.193 e. The SMILES string of the molecule is COCCNCC1CCCCN1Cc1cn2ccsc2n1. The molecule has 0 aromatic carbocycles. The summed E-state index contributed by atoms with van der Waals surface area (Å²) in [5.74, 6) is 0. The Kier molecular flexibility index (Phi) is 5.24. The summed E-state index contributed by atoms with van der Waals surface area (Å²) in [6.07, 6.45) is 8.16. The van der Waals surface area contributed by atoms with Gasteiger partial charge in [0.25, 0.3) is 0 Å². The summed E-state index contributed by atoms with van der Waals surface area (Å²) in [5.41, 5.74) is 1.19. The molecule has 1 aliphatic heterocycles. The average molecular weight is 308 g/mol. The van der Waals surface area contributed by atoms with Crippen LogP contribution in [0.15, 0.2) is 17.8 Å². The van der Waals surface area contributed by atoms with Gasteiger partial charge >= 0.3 is 0 Å². The Morgan fingerprint density at radius 3 is 3.29 bits per heavy atom. The molecule has 2 aromatic rings. The Balaban J connectivity index is 1.57. The maximum absolute atomic E-state index is 5.09. The standard InChI is InChI=1S/C15H24N4OS/c1-20-8-5-16-10-14-4-2-3-6-18(14)11-13-12-19-7-9-21-15(19)17-13/h7,9,12,14,16H,2-6,8,10-11H2,1H3. The highest BCUT2D eigenvalue weighted by atomic mass is 32.1. The third-order valence-electron chi connectivity index (χ3n) is 4.12. The Hall–Kier alpha value is -0.950. The van der Waals surface area contributed by atoms with Crippen LogP contribution < -0.4 is 5.32 Å². The molecule has 1 N–H and O–H groups in total. The molecule has 0 saturated carbocycles. The molecule has 0 bridgehead atoms. The first kappa shape index (κ1) is 15.0. The van der Waals surface area contributed by atoms with E-state index in [-0.39, 0.29) is 0 Å². The van der Waals surface area contributed by atoms with Crippen LogP contribution in [0, 0.1) is 0 Å². The van der Waals surface area contributed by atoms with E-state index in [1.807, 2.05) is 0 Å². The predicted molar refractivity (Wildman–Crippen MR) is 85.9 cm³/mol. The normalized spacial score (nSPS) is 20.3. The molecule has 3 rings (SSSR count). The molecule has 1 fully saturated rings. The fraction of sp³-hybridized carbons (Fsp3) is 0.667. The van der Waals surface area contributed by atoms with Crippen LogP contribution in [0.2, 0.25) is 0 Å². The average Bonchev–Trinajstić information content (AvgIpc) is 3.06. The van der Waals surface area contributed by atoms with E-state index >= 15 is 0 Å². The largest absolute Gasteiger partial charge is 0.383 e. The first-order valence-electron chi connectivity index (χ1n) is 7.71. The number of nitrogens with zero attached hydrogens (tertiary/aromatic N) is 3.